The molecule has 11 heteroatoms. The molecule has 1 fully saturated rings. The van der Waals surface area contributed by atoms with Crippen molar-refractivity contribution in [2.24, 2.45) is 23.7 Å². The number of hydrogen-bond acceptors (Lipinski definition) is 8. The third kappa shape index (κ3) is 10.5. The van der Waals surface area contributed by atoms with E-state index >= 15 is 0 Å². The van der Waals surface area contributed by atoms with Crippen molar-refractivity contribution in [3.05, 3.63) is 48.0 Å². The molecule has 0 aliphatic carbocycles. The number of rotatable bonds is 20. The number of nitrogens with one attached hydrogen (secondary N) is 1. The number of aromatic amines is 1. The fourth-order valence-electron chi connectivity index (χ4n) is 7.29. The van der Waals surface area contributed by atoms with Crippen LogP contribution in [0.2, 0.25) is 0 Å². The molecule has 49 heavy (non-hydrogen) atoms. The first-order chi connectivity index (χ1) is 23.3. The highest BCUT2D eigenvalue weighted by molar-refractivity contribution is 5.99. The normalized spacial score (nSPS) is 18.5. The van der Waals surface area contributed by atoms with E-state index in [-0.39, 0.29) is 60.0 Å². The molecule has 0 spiro atoms. The van der Waals surface area contributed by atoms with E-state index in [4.69, 9.17) is 15.2 Å². The number of methoxy groups -OCH3 is 2. The van der Waals surface area contributed by atoms with Crippen LogP contribution in [0.4, 0.5) is 5.69 Å². The standard InChI is InChI=1S/C38H59N5O6/c1-9-25(4)36(42(6)38(47)29(24(2)3)22-32(45)27-15-17-28(39)18-16-27)33(48-7)23-35(46)43-21-11-12-30(43)37(49-8)26(5)31(44)13-10-14-34-40-19-20-41-34/h15-20,24-26,29-30,33,36-37H,9-14,21-23,39H2,1-8H3,(H,40,41)/t25-,26-,29-,30-,33+,36-,37+/m0/s1. The van der Waals surface area contributed by atoms with Crippen molar-refractivity contribution in [3.63, 3.8) is 0 Å². The number of amides is 2. The van der Waals surface area contributed by atoms with Crippen LogP contribution >= 0.6 is 0 Å². The van der Waals surface area contributed by atoms with Crippen LogP contribution in [-0.4, -0.2) is 95.3 Å². The van der Waals surface area contributed by atoms with Crippen molar-refractivity contribution in [2.75, 3.05) is 33.5 Å². The van der Waals surface area contributed by atoms with Gasteiger partial charge in [0.25, 0.3) is 0 Å². The summed E-state index contributed by atoms with van der Waals surface area (Å²) in [7, 11) is 4.95. The van der Waals surface area contributed by atoms with Crippen molar-refractivity contribution in [3.8, 4) is 0 Å². The molecule has 2 heterocycles. The molecule has 1 aromatic heterocycles. The Labute approximate surface area is 292 Å². The first-order valence-electron chi connectivity index (χ1n) is 17.9. The van der Waals surface area contributed by atoms with Crippen molar-refractivity contribution in [1.82, 2.24) is 19.8 Å². The molecule has 2 amide bonds. The number of likely N-dealkylation sites (N-methyl/N-ethyl adjacent to an activating group) is 1. The number of nitrogens with zero attached hydrogens (tertiary/aromatic N) is 3. The van der Waals surface area contributed by atoms with Gasteiger partial charge in [0.15, 0.2) is 5.78 Å². The number of imidazole rings is 1. The first-order valence-corrected chi connectivity index (χ1v) is 17.9. The molecule has 0 bridgehead atoms. The van der Waals surface area contributed by atoms with Gasteiger partial charge in [0.05, 0.1) is 30.7 Å². The summed E-state index contributed by atoms with van der Waals surface area (Å²) in [5.41, 5.74) is 6.90. The van der Waals surface area contributed by atoms with E-state index in [1.165, 1.54) is 0 Å². The number of ether oxygens (including phenoxy) is 2. The van der Waals surface area contributed by atoms with Gasteiger partial charge >= 0.3 is 0 Å². The zero-order valence-corrected chi connectivity index (χ0v) is 30.8. The largest absolute Gasteiger partial charge is 0.399 e. The number of likely N-dealkylation sites (tertiary alicyclic amines) is 1. The van der Waals surface area contributed by atoms with Crippen molar-refractivity contribution >= 4 is 29.1 Å². The molecule has 7 atom stereocenters. The predicted octanol–water partition coefficient (Wildman–Crippen LogP) is 5.35. The van der Waals surface area contributed by atoms with E-state index in [2.05, 4.69) is 23.8 Å². The molecular formula is C38H59N5O6. The number of anilines is 1. The lowest BCUT2D eigenvalue weighted by atomic mass is 9.85. The minimum absolute atomic E-state index is 0.0206. The van der Waals surface area contributed by atoms with Gasteiger partial charge in [-0.05, 0) is 55.4 Å². The topological polar surface area (TPSA) is 148 Å². The fraction of sp³-hybridized carbons (Fsp3) is 0.658. The lowest BCUT2D eigenvalue weighted by Gasteiger charge is -2.40. The van der Waals surface area contributed by atoms with Crippen LogP contribution in [0.5, 0.6) is 0 Å². The second kappa shape index (κ2) is 19.0. The lowest BCUT2D eigenvalue weighted by Crippen LogP contribution is -2.54. The number of ketones is 2. The van der Waals surface area contributed by atoms with E-state index in [0.29, 0.717) is 37.1 Å². The Morgan fingerprint density at radius 2 is 1.76 bits per heavy atom. The van der Waals surface area contributed by atoms with E-state index in [9.17, 15) is 19.2 Å². The van der Waals surface area contributed by atoms with Crippen LogP contribution in [0.1, 0.15) is 95.7 Å². The van der Waals surface area contributed by atoms with Crippen molar-refractivity contribution in [2.45, 2.75) is 110 Å². The van der Waals surface area contributed by atoms with Gasteiger partial charge in [-0.15, -0.1) is 0 Å². The Balaban J connectivity index is 1.73. The van der Waals surface area contributed by atoms with Gasteiger partial charge in [0.1, 0.15) is 11.6 Å². The summed E-state index contributed by atoms with van der Waals surface area (Å²) >= 11 is 0. The second-order valence-corrected chi connectivity index (χ2v) is 14.0. The van der Waals surface area contributed by atoms with Crippen LogP contribution in [0.15, 0.2) is 36.7 Å². The maximum absolute atomic E-state index is 14.1. The summed E-state index contributed by atoms with van der Waals surface area (Å²) in [6, 6.07) is 6.13. The first kappa shape index (κ1) is 39.9. The molecule has 1 aliphatic rings. The zero-order chi connectivity index (χ0) is 36.2. The van der Waals surface area contributed by atoms with Crippen LogP contribution in [0.3, 0.4) is 0 Å². The van der Waals surface area contributed by atoms with E-state index in [1.807, 2.05) is 25.7 Å². The molecule has 0 radical (unpaired) electrons. The predicted molar refractivity (Wildman–Crippen MR) is 191 cm³/mol. The third-order valence-corrected chi connectivity index (χ3v) is 10.5. The number of Topliss-reactive ketones (excluding diaryl/α,β-unsaturated/α-hetero) is 2. The van der Waals surface area contributed by atoms with Crippen LogP contribution in [-0.2, 0) is 30.3 Å². The van der Waals surface area contributed by atoms with Gasteiger partial charge in [0.2, 0.25) is 11.8 Å². The number of hydrogen-bond donors (Lipinski definition) is 2. The minimum atomic E-state index is -0.570. The smallest absolute Gasteiger partial charge is 0.226 e. The average Bonchev–Trinajstić information content (AvgIpc) is 3.79. The fourth-order valence-corrected chi connectivity index (χ4v) is 7.29. The van der Waals surface area contributed by atoms with Crippen LogP contribution < -0.4 is 5.73 Å². The number of aromatic nitrogens is 2. The molecule has 11 nitrogen and oxygen atoms in total. The Hall–Kier alpha value is -3.57. The summed E-state index contributed by atoms with van der Waals surface area (Å²) in [6.45, 7) is 10.5. The Morgan fingerprint density at radius 1 is 1.06 bits per heavy atom. The Kier molecular flexibility index (Phi) is 15.4. The molecule has 3 rings (SSSR count). The van der Waals surface area contributed by atoms with Crippen molar-refractivity contribution in [1.29, 1.82) is 0 Å². The summed E-state index contributed by atoms with van der Waals surface area (Å²) in [5, 5.41) is 0. The molecule has 3 N–H and O–H groups in total. The number of carbonyl (C=O) groups is 4. The quantitative estimate of drug-likeness (QED) is 0.140. The third-order valence-electron chi connectivity index (χ3n) is 10.5. The van der Waals surface area contributed by atoms with Gasteiger partial charge in [-0.1, -0.05) is 41.0 Å². The van der Waals surface area contributed by atoms with Gasteiger partial charge in [-0.3, -0.25) is 19.2 Å². The Bertz CT molecular complexity index is 1350. The molecule has 1 aliphatic heterocycles. The highest BCUT2D eigenvalue weighted by Crippen LogP contribution is 2.31. The molecule has 1 aromatic carbocycles. The van der Waals surface area contributed by atoms with E-state index < -0.39 is 24.2 Å². The maximum atomic E-state index is 14.1. The van der Waals surface area contributed by atoms with Crippen LogP contribution in [0.25, 0.3) is 0 Å². The maximum Gasteiger partial charge on any atom is 0.226 e. The molecule has 2 aromatic rings. The number of benzene rings is 1. The van der Waals surface area contributed by atoms with Gasteiger partial charge in [-0.2, -0.15) is 0 Å². The second-order valence-electron chi connectivity index (χ2n) is 14.0. The molecule has 0 unspecified atom stereocenters. The van der Waals surface area contributed by atoms with E-state index in [1.54, 1.807) is 62.8 Å². The SMILES string of the molecule is CC[C@H](C)[C@@H]([C@@H](CC(=O)N1CCC[C@H]1[C@H](OC)[C@@H](C)C(=O)CCCc1ncc[nH]1)OC)N(C)C(=O)[C@@H](CC(=O)c1ccc(N)cc1)C(C)C. The number of carbonyl (C=O) groups excluding carboxylic acids is 4. The lowest BCUT2D eigenvalue weighted by molar-refractivity contribution is -0.148. The monoisotopic (exact) mass is 681 g/mol. The molecule has 1 saturated heterocycles. The van der Waals surface area contributed by atoms with Gasteiger partial charge < -0.3 is 30.0 Å². The molecular weight excluding hydrogens is 622 g/mol. The van der Waals surface area contributed by atoms with Gasteiger partial charge in [0, 0.05) is 82.6 Å². The molecule has 272 valence electrons. The van der Waals surface area contributed by atoms with Gasteiger partial charge in [-0.25, -0.2) is 4.98 Å². The summed E-state index contributed by atoms with van der Waals surface area (Å²) in [4.78, 5) is 65.5. The van der Waals surface area contributed by atoms with Crippen LogP contribution in [0, 0.1) is 23.7 Å². The highest BCUT2D eigenvalue weighted by Gasteiger charge is 2.42. The summed E-state index contributed by atoms with van der Waals surface area (Å²) in [6.07, 6.45) is 6.76. The van der Waals surface area contributed by atoms with E-state index in [0.717, 1.165) is 25.1 Å². The number of nitrogen functional groups attached to an aromatic ring is 1. The Morgan fingerprint density at radius 3 is 2.33 bits per heavy atom. The number of H-pyrrole nitrogens is 1. The molecule has 0 saturated carbocycles. The number of nitrogens with two attached hydrogens (primary N) is 1. The highest BCUT2D eigenvalue weighted by atomic mass is 16.5. The minimum Gasteiger partial charge on any atom is -0.399 e. The average molecular weight is 682 g/mol. The zero-order valence-electron chi connectivity index (χ0n) is 30.8. The van der Waals surface area contributed by atoms with Crippen molar-refractivity contribution < 1.29 is 28.7 Å². The number of aryl methyl sites for hydroxylation is 1. The summed E-state index contributed by atoms with van der Waals surface area (Å²) < 4.78 is 11.9. The summed E-state index contributed by atoms with van der Waals surface area (Å²) in [5.74, 6) is -0.351.